The van der Waals surface area contributed by atoms with Gasteiger partial charge in [0.15, 0.2) is 6.10 Å². The molecule has 74 valence electrons. The molecule has 0 amide bonds. The standard InChI is InChI=1S/C10H16O3/c1-2-13-10(12)9(11)7-8-5-3-4-6-8/h5,9,11H,2-4,6-7H2,1H3/t9-/m1/s1. The van der Waals surface area contributed by atoms with Crippen LogP contribution in [-0.2, 0) is 9.53 Å². The molecule has 0 unspecified atom stereocenters. The third kappa shape index (κ3) is 3.19. The average molecular weight is 184 g/mol. The molecular weight excluding hydrogens is 168 g/mol. The maximum atomic E-state index is 11.0. The SMILES string of the molecule is CCOC(=O)[C@H](O)CC1=CCCC1. The van der Waals surface area contributed by atoms with Crippen molar-refractivity contribution in [3.05, 3.63) is 11.6 Å². The average Bonchev–Trinajstić information content (AvgIpc) is 2.57. The van der Waals surface area contributed by atoms with E-state index >= 15 is 0 Å². The molecule has 1 N–H and O–H groups in total. The fraction of sp³-hybridized carbons (Fsp3) is 0.700. The quantitative estimate of drug-likeness (QED) is 0.531. The van der Waals surface area contributed by atoms with Crippen molar-refractivity contribution in [2.24, 2.45) is 0 Å². The van der Waals surface area contributed by atoms with Crippen LogP contribution in [0.5, 0.6) is 0 Å². The second-order valence-corrected chi connectivity index (χ2v) is 3.23. The highest BCUT2D eigenvalue weighted by Gasteiger charge is 2.18. The smallest absolute Gasteiger partial charge is 0.335 e. The van der Waals surface area contributed by atoms with E-state index < -0.39 is 12.1 Å². The van der Waals surface area contributed by atoms with E-state index in [2.05, 4.69) is 6.08 Å². The van der Waals surface area contributed by atoms with E-state index in [4.69, 9.17) is 4.74 Å². The number of esters is 1. The maximum absolute atomic E-state index is 11.0. The summed E-state index contributed by atoms with van der Waals surface area (Å²) in [5, 5.41) is 9.39. The molecule has 1 aliphatic carbocycles. The van der Waals surface area contributed by atoms with Gasteiger partial charge in [-0.15, -0.1) is 0 Å². The lowest BCUT2D eigenvalue weighted by molar-refractivity contribution is -0.152. The van der Waals surface area contributed by atoms with Crippen LogP contribution in [0.15, 0.2) is 11.6 Å². The van der Waals surface area contributed by atoms with E-state index in [1.165, 1.54) is 5.57 Å². The van der Waals surface area contributed by atoms with Crippen LogP contribution in [-0.4, -0.2) is 23.8 Å². The topological polar surface area (TPSA) is 46.5 Å². The van der Waals surface area contributed by atoms with Crippen molar-refractivity contribution >= 4 is 5.97 Å². The molecule has 0 radical (unpaired) electrons. The van der Waals surface area contributed by atoms with Crippen molar-refractivity contribution in [3.63, 3.8) is 0 Å². The zero-order chi connectivity index (χ0) is 9.68. The maximum Gasteiger partial charge on any atom is 0.335 e. The number of carbonyl (C=O) groups excluding carboxylic acids is 1. The third-order valence-electron chi connectivity index (χ3n) is 2.15. The first-order chi connectivity index (χ1) is 6.24. The van der Waals surface area contributed by atoms with Gasteiger partial charge in [0, 0.05) is 6.42 Å². The van der Waals surface area contributed by atoms with E-state index in [1.807, 2.05) is 0 Å². The van der Waals surface area contributed by atoms with Gasteiger partial charge in [0.25, 0.3) is 0 Å². The van der Waals surface area contributed by atoms with Gasteiger partial charge >= 0.3 is 5.97 Å². The summed E-state index contributed by atoms with van der Waals surface area (Å²) in [4.78, 5) is 11.0. The van der Waals surface area contributed by atoms with E-state index in [-0.39, 0.29) is 0 Å². The molecule has 1 rings (SSSR count). The Balaban J connectivity index is 2.31. The lowest BCUT2D eigenvalue weighted by Gasteiger charge is -2.09. The van der Waals surface area contributed by atoms with Crippen molar-refractivity contribution in [3.8, 4) is 0 Å². The molecule has 1 aliphatic rings. The highest BCUT2D eigenvalue weighted by Crippen LogP contribution is 2.22. The van der Waals surface area contributed by atoms with Gasteiger partial charge in [-0.25, -0.2) is 4.79 Å². The lowest BCUT2D eigenvalue weighted by atomic mass is 10.1. The predicted octanol–water partition coefficient (Wildman–Crippen LogP) is 1.41. The van der Waals surface area contributed by atoms with Crippen LogP contribution < -0.4 is 0 Å². The normalized spacial score (nSPS) is 18.2. The zero-order valence-electron chi connectivity index (χ0n) is 7.95. The molecule has 3 nitrogen and oxygen atoms in total. The number of ether oxygens (including phenoxy) is 1. The van der Waals surface area contributed by atoms with E-state index in [0.717, 1.165) is 19.3 Å². The number of aliphatic hydroxyl groups excluding tert-OH is 1. The number of rotatable bonds is 4. The Morgan fingerprint density at radius 1 is 1.77 bits per heavy atom. The van der Waals surface area contributed by atoms with E-state index in [9.17, 15) is 9.90 Å². The summed E-state index contributed by atoms with van der Waals surface area (Å²) < 4.78 is 4.70. The Morgan fingerprint density at radius 2 is 2.54 bits per heavy atom. The van der Waals surface area contributed by atoms with Gasteiger partial charge in [0.2, 0.25) is 0 Å². The molecule has 13 heavy (non-hydrogen) atoms. The fourth-order valence-corrected chi connectivity index (χ4v) is 1.49. The lowest BCUT2D eigenvalue weighted by Crippen LogP contribution is -2.23. The van der Waals surface area contributed by atoms with E-state index in [0.29, 0.717) is 13.0 Å². The minimum absolute atomic E-state index is 0.328. The van der Waals surface area contributed by atoms with Crippen LogP contribution >= 0.6 is 0 Å². The minimum atomic E-state index is -0.968. The Kier molecular flexibility index (Phi) is 3.96. The summed E-state index contributed by atoms with van der Waals surface area (Å²) in [7, 11) is 0. The second-order valence-electron chi connectivity index (χ2n) is 3.23. The molecule has 0 fully saturated rings. The van der Waals surface area contributed by atoms with Gasteiger partial charge in [-0.2, -0.15) is 0 Å². The summed E-state index contributed by atoms with van der Waals surface area (Å²) in [6, 6.07) is 0. The number of hydrogen-bond donors (Lipinski definition) is 1. The molecule has 0 spiro atoms. The Hall–Kier alpha value is -0.830. The van der Waals surface area contributed by atoms with Crippen LogP contribution in [0.25, 0.3) is 0 Å². The van der Waals surface area contributed by atoms with Gasteiger partial charge in [0.05, 0.1) is 6.61 Å². The molecule has 0 bridgehead atoms. The molecule has 0 saturated carbocycles. The molecule has 0 heterocycles. The van der Waals surface area contributed by atoms with Crippen molar-refractivity contribution in [1.82, 2.24) is 0 Å². The van der Waals surface area contributed by atoms with Gasteiger partial charge in [-0.3, -0.25) is 0 Å². The summed E-state index contributed by atoms with van der Waals surface area (Å²) in [5.41, 5.74) is 1.18. The molecule has 0 aliphatic heterocycles. The first-order valence-electron chi connectivity index (χ1n) is 4.76. The summed E-state index contributed by atoms with van der Waals surface area (Å²) in [6.07, 6.45) is 4.80. The van der Waals surface area contributed by atoms with Gasteiger partial charge < -0.3 is 9.84 Å². The van der Waals surface area contributed by atoms with Crippen molar-refractivity contribution < 1.29 is 14.6 Å². The van der Waals surface area contributed by atoms with Crippen molar-refractivity contribution in [2.75, 3.05) is 6.61 Å². The van der Waals surface area contributed by atoms with Gasteiger partial charge in [-0.05, 0) is 26.2 Å². The zero-order valence-corrected chi connectivity index (χ0v) is 7.95. The Labute approximate surface area is 78.4 Å². The molecular formula is C10H16O3. The van der Waals surface area contributed by atoms with Crippen LogP contribution in [0.4, 0.5) is 0 Å². The summed E-state index contributed by atoms with van der Waals surface area (Å²) >= 11 is 0. The monoisotopic (exact) mass is 184 g/mol. The van der Waals surface area contributed by atoms with Crippen LogP contribution in [0.3, 0.4) is 0 Å². The summed E-state index contributed by atoms with van der Waals surface area (Å²) in [6.45, 7) is 2.06. The first kappa shape index (κ1) is 10.3. The number of allylic oxidation sites excluding steroid dienone is 1. The molecule has 0 aromatic carbocycles. The first-order valence-corrected chi connectivity index (χ1v) is 4.76. The number of carbonyl (C=O) groups is 1. The minimum Gasteiger partial charge on any atom is -0.464 e. The van der Waals surface area contributed by atoms with Crippen LogP contribution in [0, 0.1) is 0 Å². The van der Waals surface area contributed by atoms with Crippen molar-refractivity contribution in [1.29, 1.82) is 0 Å². The Bertz CT molecular complexity index is 208. The van der Waals surface area contributed by atoms with Crippen LogP contribution in [0.1, 0.15) is 32.6 Å². The molecule has 0 saturated heterocycles. The fourth-order valence-electron chi connectivity index (χ4n) is 1.49. The summed E-state index contributed by atoms with van der Waals surface area (Å²) in [5.74, 6) is -0.504. The Morgan fingerprint density at radius 3 is 3.08 bits per heavy atom. The van der Waals surface area contributed by atoms with Gasteiger partial charge in [0.1, 0.15) is 0 Å². The van der Waals surface area contributed by atoms with Gasteiger partial charge in [-0.1, -0.05) is 11.6 Å². The number of aliphatic hydroxyl groups is 1. The van der Waals surface area contributed by atoms with Crippen LogP contribution in [0.2, 0.25) is 0 Å². The molecule has 1 atom stereocenters. The molecule has 3 heteroatoms. The van der Waals surface area contributed by atoms with E-state index in [1.54, 1.807) is 6.92 Å². The highest BCUT2D eigenvalue weighted by atomic mass is 16.5. The van der Waals surface area contributed by atoms with Crippen molar-refractivity contribution in [2.45, 2.75) is 38.7 Å². The second kappa shape index (κ2) is 5.02. The molecule has 0 aromatic heterocycles. The largest absolute Gasteiger partial charge is 0.464 e. The number of hydrogen-bond acceptors (Lipinski definition) is 3. The highest BCUT2D eigenvalue weighted by molar-refractivity contribution is 5.74. The predicted molar refractivity (Wildman–Crippen MR) is 49.2 cm³/mol. The molecule has 0 aromatic rings. The third-order valence-corrected chi connectivity index (χ3v) is 2.15.